The third kappa shape index (κ3) is 3.71. The first-order chi connectivity index (χ1) is 12.7. The fraction of sp³-hybridized carbons (Fsp3) is 0.450. The van der Waals surface area contributed by atoms with Gasteiger partial charge in [0.05, 0.1) is 18.9 Å². The molecule has 2 aromatic rings. The van der Waals surface area contributed by atoms with E-state index in [1.165, 1.54) is 12.8 Å². The topological polar surface area (TPSA) is 60.8 Å². The summed E-state index contributed by atoms with van der Waals surface area (Å²) < 4.78 is 17.0. The lowest BCUT2D eigenvalue weighted by Gasteiger charge is -2.17. The first kappa shape index (κ1) is 17.4. The summed E-state index contributed by atoms with van der Waals surface area (Å²) in [4.78, 5) is 4.53. The van der Waals surface area contributed by atoms with E-state index in [1.807, 2.05) is 30.5 Å². The Labute approximate surface area is 154 Å². The lowest BCUT2D eigenvalue weighted by Crippen LogP contribution is -2.11. The van der Waals surface area contributed by atoms with Crippen molar-refractivity contribution in [2.45, 2.75) is 44.0 Å². The molecule has 5 nitrogen and oxygen atoms in total. The van der Waals surface area contributed by atoms with Crippen LogP contribution in [-0.4, -0.2) is 36.9 Å². The average molecular weight is 353 g/mol. The third-order valence-electron chi connectivity index (χ3n) is 5.29. The summed E-state index contributed by atoms with van der Waals surface area (Å²) in [6.07, 6.45) is 7.38. The quantitative estimate of drug-likeness (QED) is 0.831. The molecule has 1 N–H and O–H groups in total. The maximum absolute atomic E-state index is 9.61. The molecule has 0 amide bonds. The molecule has 6 heteroatoms. The number of pyridine rings is 1. The summed E-state index contributed by atoms with van der Waals surface area (Å²) >= 11 is 0. The Morgan fingerprint density at radius 1 is 1.15 bits per heavy atom. The van der Waals surface area contributed by atoms with Crippen molar-refractivity contribution in [1.29, 1.82) is 0 Å². The predicted octanol–water partition coefficient (Wildman–Crippen LogP) is 3.67. The smallest absolute Gasteiger partial charge is 0.454 e. The normalized spacial score (nSPS) is 20.5. The zero-order valence-corrected chi connectivity index (χ0v) is 15.1. The van der Waals surface area contributed by atoms with Gasteiger partial charge in [-0.25, -0.2) is 0 Å². The van der Waals surface area contributed by atoms with Crippen molar-refractivity contribution in [3.05, 3.63) is 42.1 Å². The van der Waals surface area contributed by atoms with E-state index in [-0.39, 0.29) is 12.0 Å². The summed E-state index contributed by atoms with van der Waals surface area (Å²) in [7, 11) is 1.00. The predicted molar refractivity (Wildman–Crippen MR) is 101 cm³/mol. The first-order valence-corrected chi connectivity index (χ1v) is 9.33. The minimum absolute atomic E-state index is 0.208. The van der Waals surface area contributed by atoms with Crippen LogP contribution in [0.4, 0.5) is 0 Å². The van der Waals surface area contributed by atoms with Gasteiger partial charge in [-0.15, -0.1) is 0 Å². The molecule has 1 atom stereocenters. The first-order valence-electron chi connectivity index (χ1n) is 9.33. The highest BCUT2D eigenvalue weighted by Gasteiger charge is 2.30. The number of ether oxygens (including phenoxy) is 2. The Kier molecular flexibility index (Phi) is 5.13. The van der Waals surface area contributed by atoms with Crippen molar-refractivity contribution < 1.29 is 19.2 Å². The number of benzene rings is 1. The number of methoxy groups -OCH3 is 1. The molecule has 0 radical (unpaired) electrons. The van der Waals surface area contributed by atoms with Gasteiger partial charge in [0.25, 0.3) is 0 Å². The second kappa shape index (κ2) is 7.68. The molecule has 0 unspecified atom stereocenters. The molecule has 1 aromatic carbocycles. The molecule has 0 bridgehead atoms. The minimum atomic E-state index is -0.663. The van der Waals surface area contributed by atoms with Crippen LogP contribution in [0, 0.1) is 0 Å². The van der Waals surface area contributed by atoms with Crippen molar-refractivity contribution in [2.24, 2.45) is 0 Å². The zero-order chi connectivity index (χ0) is 17.9. The SMILES string of the molecule is COc1ccc(-c2cc([C@H]3COB(O)C3)ccn2)cc1OC1CCCC1. The molecule has 2 fully saturated rings. The minimum Gasteiger partial charge on any atom is -0.493 e. The van der Waals surface area contributed by atoms with Crippen LogP contribution in [0.25, 0.3) is 11.3 Å². The molecule has 2 aliphatic rings. The largest absolute Gasteiger partial charge is 0.493 e. The Morgan fingerprint density at radius 2 is 2.00 bits per heavy atom. The molecule has 1 saturated heterocycles. The van der Waals surface area contributed by atoms with Crippen molar-refractivity contribution >= 4 is 7.12 Å². The molecule has 4 rings (SSSR count). The second-order valence-electron chi connectivity index (χ2n) is 7.08. The van der Waals surface area contributed by atoms with Crippen LogP contribution in [0.1, 0.15) is 37.2 Å². The van der Waals surface area contributed by atoms with Gasteiger partial charge < -0.3 is 19.2 Å². The molecule has 1 saturated carbocycles. The summed E-state index contributed by atoms with van der Waals surface area (Å²) in [5.41, 5.74) is 3.03. The maximum atomic E-state index is 9.61. The Bertz CT molecular complexity index is 763. The van der Waals surface area contributed by atoms with Crippen LogP contribution in [0.3, 0.4) is 0 Å². The number of hydrogen-bond acceptors (Lipinski definition) is 5. The van der Waals surface area contributed by atoms with Gasteiger partial charge in [0, 0.05) is 24.3 Å². The van der Waals surface area contributed by atoms with E-state index >= 15 is 0 Å². The van der Waals surface area contributed by atoms with Gasteiger partial charge in [-0.1, -0.05) is 0 Å². The molecule has 2 heterocycles. The monoisotopic (exact) mass is 353 g/mol. The van der Waals surface area contributed by atoms with E-state index in [4.69, 9.17) is 14.1 Å². The Balaban J connectivity index is 1.60. The second-order valence-corrected chi connectivity index (χ2v) is 7.08. The molecule has 1 aromatic heterocycles. The maximum Gasteiger partial charge on any atom is 0.454 e. The molecule has 136 valence electrons. The fourth-order valence-electron chi connectivity index (χ4n) is 3.81. The lowest BCUT2D eigenvalue weighted by molar-refractivity contribution is 0.201. The Morgan fingerprint density at radius 3 is 2.73 bits per heavy atom. The highest BCUT2D eigenvalue weighted by molar-refractivity contribution is 6.43. The number of hydrogen-bond donors (Lipinski definition) is 1. The highest BCUT2D eigenvalue weighted by Crippen LogP contribution is 2.36. The van der Waals surface area contributed by atoms with Gasteiger partial charge in [0.2, 0.25) is 0 Å². The standard InChI is InChI=1S/C20H24BNO4/c1-24-19-7-6-15(11-20(19)26-17-4-2-3-5-17)18-10-14(8-9-22-18)16-12-21(23)25-13-16/h6-11,16-17,23H,2-5,12-13H2,1H3/t16-/m1/s1. The summed E-state index contributed by atoms with van der Waals surface area (Å²) in [6, 6.07) is 10.0. The average Bonchev–Trinajstić information content (AvgIpc) is 3.33. The van der Waals surface area contributed by atoms with E-state index in [0.29, 0.717) is 12.9 Å². The lowest BCUT2D eigenvalue weighted by atomic mass is 9.79. The van der Waals surface area contributed by atoms with Crippen LogP contribution in [0.2, 0.25) is 6.32 Å². The van der Waals surface area contributed by atoms with E-state index in [9.17, 15) is 5.02 Å². The van der Waals surface area contributed by atoms with Crippen molar-refractivity contribution in [3.63, 3.8) is 0 Å². The van der Waals surface area contributed by atoms with Crippen LogP contribution in [-0.2, 0) is 4.65 Å². The number of rotatable bonds is 5. The van der Waals surface area contributed by atoms with E-state index in [1.54, 1.807) is 7.11 Å². The van der Waals surface area contributed by atoms with Crippen molar-refractivity contribution in [3.8, 4) is 22.8 Å². The van der Waals surface area contributed by atoms with Gasteiger partial charge in [-0.3, -0.25) is 4.98 Å². The van der Waals surface area contributed by atoms with Gasteiger partial charge in [0.1, 0.15) is 0 Å². The van der Waals surface area contributed by atoms with E-state index in [2.05, 4.69) is 11.1 Å². The van der Waals surface area contributed by atoms with Crippen LogP contribution >= 0.6 is 0 Å². The highest BCUT2D eigenvalue weighted by atomic mass is 16.5. The molecular weight excluding hydrogens is 329 g/mol. The van der Waals surface area contributed by atoms with E-state index in [0.717, 1.165) is 41.2 Å². The van der Waals surface area contributed by atoms with Gasteiger partial charge in [-0.05, 0) is 67.9 Å². The molecule has 1 aliphatic heterocycles. The number of aromatic nitrogens is 1. The van der Waals surface area contributed by atoms with Crippen molar-refractivity contribution in [2.75, 3.05) is 13.7 Å². The van der Waals surface area contributed by atoms with E-state index < -0.39 is 7.12 Å². The third-order valence-corrected chi connectivity index (χ3v) is 5.29. The Hall–Kier alpha value is -2.05. The summed E-state index contributed by atoms with van der Waals surface area (Å²) in [6.45, 7) is 0.545. The van der Waals surface area contributed by atoms with Gasteiger partial charge >= 0.3 is 7.12 Å². The fourth-order valence-corrected chi connectivity index (χ4v) is 3.81. The van der Waals surface area contributed by atoms with Crippen molar-refractivity contribution in [1.82, 2.24) is 4.98 Å². The summed E-state index contributed by atoms with van der Waals surface area (Å²) in [5.74, 6) is 1.74. The summed E-state index contributed by atoms with van der Waals surface area (Å²) in [5, 5.41) is 9.61. The van der Waals surface area contributed by atoms with Crippen LogP contribution in [0.5, 0.6) is 11.5 Å². The van der Waals surface area contributed by atoms with Crippen LogP contribution < -0.4 is 9.47 Å². The van der Waals surface area contributed by atoms with Gasteiger partial charge in [0.15, 0.2) is 11.5 Å². The molecule has 26 heavy (non-hydrogen) atoms. The zero-order valence-electron chi connectivity index (χ0n) is 15.1. The molecular formula is C20H24BNO4. The van der Waals surface area contributed by atoms with Gasteiger partial charge in [-0.2, -0.15) is 0 Å². The number of nitrogens with zero attached hydrogens (tertiary/aromatic N) is 1. The van der Waals surface area contributed by atoms with Crippen LogP contribution in [0.15, 0.2) is 36.5 Å². The molecule has 1 aliphatic carbocycles. The molecule has 0 spiro atoms.